The van der Waals surface area contributed by atoms with Crippen LogP contribution in [0.3, 0.4) is 0 Å². The van der Waals surface area contributed by atoms with Crippen molar-refractivity contribution in [1.29, 1.82) is 0 Å². The number of anilines is 2. The lowest BCUT2D eigenvalue weighted by atomic mass is 10.0. The summed E-state index contributed by atoms with van der Waals surface area (Å²) >= 11 is 0. The normalized spacial score (nSPS) is 13.9. The van der Waals surface area contributed by atoms with Gasteiger partial charge in [0.15, 0.2) is 5.82 Å². The summed E-state index contributed by atoms with van der Waals surface area (Å²) in [6, 6.07) is 15.5. The van der Waals surface area contributed by atoms with Gasteiger partial charge in [0.2, 0.25) is 0 Å². The number of pyridine rings is 1. The van der Waals surface area contributed by atoms with Crippen molar-refractivity contribution in [3.8, 4) is 11.3 Å². The highest BCUT2D eigenvalue weighted by Gasteiger charge is 2.34. The van der Waals surface area contributed by atoms with Gasteiger partial charge in [-0.3, -0.25) is 4.98 Å². The van der Waals surface area contributed by atoms with Gasteiger partial charge in [-0.25, -0.2) is 9.97 Å². The van der Waals surface area contributed by atoms with Gasteiger partial charge >= 0.3 is 6.18 Å². The second-order valence-corrected chi connectivity index (χ2v) is 8.07. The highest BCUT2D eigenvalue weighted by Crippen LogP contribution is 2.40. The van der Waals surface area contributed by atoms with Crippen LogP contribution in [0.1, 0.15) is 35.7 Å². The molecule has 2 heterocycles. The molecule has 0 bridgehead atoms. The van der Waals surface area contributed by atoms with Crippen molar-refractivity contribution in [3.63, 3.8) is 0 Å². The zero-order valence-corrected chi connectivity index (χ0v) is 17.9. The summed E-state index contributed by atoms with van der Waals surface area (Å²) in [6.45, 7) is 0.173. The molecule has 4 aromatic rings. The summed E-state index contributed by atoms with van der Waals surface area (Å²) in [4.78, 5) is 13.1. The number of benzene rings is 2. The summed E-state index contributed by atoms with van der Waals surface area (Å²) in [7, 11) is 1.54. The number of aromatic nitrogens is 3. The lowest BCUT2D eigenvalue weighted by molar-refractivity contribution is -0.137. The number of hydrogen-bond donors (Lipinski definition) is 1. The molecular weight excluding hydrogens is 429 g/mol. The Labute approximate surface area is 188 Å². The summed E-state index contributed by atoms with van der Waals surface area (Å²) in [5.41, 5.74) is 2.11. The molecule has 2 aromatic heterocycles. The molecule has 1 fully saturated rings. The van der Waals surface area contributed by atoms with E-state index in [9.17, 15) is 13.2 Å². The van der Waals surface area contributed by atoms with Crippen LogP contribution < -0.4 is 5.32 Å². The van der Waals surface area contributed by atoms with Crippen LogP contribution in [0.15, 0.2) is 60.8 Å². The van der Waals surface area contributed by atoms with Crippen molar-refractivity contribution in [2.75, 3.05) is 12.4 Å². The van der Waals surface area contributed by atoms with Gasteiger partial charge in [0.05, 0.1) is 16.8 Å². The monoisotopic (exact) mass is 450 g/mol. The second-order valence-electron chi connectivity index (χ2n) is 8.07. The van der Waals surface area contributed by atoms with Gasteiger partial charge in [-0.15, -0.1) is 0 Å². The highest BCUT2D eigenvalue weighted by atomic mass is 19.4. The highest BCUT2D eigenvalue weighted by molar-refractivity contribution is 5.93. The van der Waals surface area contributed by atoms with E-state index in [-0.39, 0.29) is 12.3 Å². The van der Waals surface area contributed by atoms with Gasteiger partial charge in [-0.2, -0.15) is 13.2 Å². The Hall–Kier alpha value is -3.52. The van der Waals surface area contributed by atoms with Crippen molar-refractivity contribution in [3.05, 3.63) is 77.7 Å². The lowest BCUT2D eigenvalue weighted by Crippen LogP contribution is -2.08. The first-order chi connectivity index (χ1) is 15.9. The van der Waals surface area contributed by atoms with E-state index in [1.807, 2.05) is 12.1 Å². The Bertz CT molecular complexity index is 1300. The van der Waals surface area contributed by atoms with Gasteiger partial charge in [0.25, 0.3) is 0 Å². The number of halogens is 3. The Morgan fingerprint density at radius 2 is 1.82 bits per heavy atom. The van der Waals surface area contributed by atoms with E-state index in [1.165, 1.54) is 37.8 Å². The molecule has 5 nitrogen and oxygen atoms in total. The fraction of sp³-hybridized carbons (Fsp3) is 0.240. The maximum atomic E-state index is 13.5. The third-order valence-corrected chi connectivity index (χ3v) is 5.63. The van der Waals surface area contributed by atoms with E-state index in [2.05, 4.69) is 32.4 Å². The summed E-state index contributed by atoms with van der Waals surface area (Å²) in [5.74, 6) is 1.66. The molecule has 33 heavy (non-hydrogen) atoms. The Kier molecular flexibility index (Phi) is 5.46. The minimum absolute atomic E-state index is 0.135. The maximum Gasteiger partial charge on any atom is 0.418 e. The summed E-state index contributed by atoms with van der Waals surface area (Å²) in [5, 5.41) is 4.01. The molecule has 1 aliphatic rings. The summed E-state index contributed by atoms with van der Waals surface area (Å²) < 4.78 is 45.7. The van der Waals surface area contributed by atoms with E-state index in [4.69, 9.17) is 4.74 Å². The topological polar surface area (TPSA) is 59.9 Å². The van der Waals surface area contributed by atoms with Crippen molar-refractivity contribution in [2.45, 2.75) is 31.5 Å². The van der Waals surface area contributed by atoms with E-state index in [0.29, 0.717) is 34.0 Å². The van der Waals surface area contributed by atoms with Crippen LogP contribution in [0.4, 0.5) is 24.7 Å². The third kappa shape index (κ3) is 4.52. The van der Waals surface area contributed by atoms with Gasteiger partial charge in [-0.1, -0.05) is 18.2 Å². The largest absolute Gasteiger partial charge is 0.418 e. The molecule has 0 spiro atoms. The van der Waals surface area contributed by atoms with Crippen molar-refractivity contribution >= 4 is 22.4 Å². The lowest BCUT2D eigenvalue weighted by Gasteiger charge is -2.14. The average molecular weight is 450 g/mol. The number of hydrogen-bond acceptors (Lipinski definition) is 5. The van der Waals surface area contributed by atoms with Crippen LogP contribution in [0, 0.1) is 0 Å². The molecule has 8 heteroatoms. The Balaban J connectivity index is 1.56. The van der Waals surface area contributed by atoms with Crippen LogP contribution in [0.2, 0.25) is 0 Å². The fourth-order valence-electron chi connectivity index (χ4n) is 3.87. The SMILES string of the molecule is COCc1nc(Nc2ccc(C3CC3)cc2)c2ccc(-c3ncccc3C(F)(F)F)cc2n1. The first-order valence-corrected chi connectivity index (χ1v) is 10.6. The standard InChI is InChI=1S/C25H21F3N4O/c1-33-14-22-31-21-13-17(23-20(25(26,27)28)3-2-12-29-23)8-11-19(21)24(32-22)30-18-9-6-16(7-10-18)15-4-5-15/h2-3,6-13,15H,4-5,14H2,1H3,(H,30,31,32). The number of rotatable bonds is 6. The van der Waals surface area contributed by atoms with Crippen LogP contribution in [0.25, 0.3) is 22.2 Å². The Morgan fingerprint density at radius 1 is 1.03 bits per heavy atom. The molecule has 1 saturated carbocycles. The van der Waals surface area contributed by atoms with Gasteiger partial charge in [0.1, 0.15) is 12.4 Å². The molecule has 0 saturated heterocycles. The second kappa shape index (κ2) is 8.44. The molecule has 0 unspecified atom stereocenters. The van der Waals surface area contributed by atoms with Gasteiger partial charge in [0, 0.05) is 29.9 Å². The number of alkyl halides is 3. The number of nitrogens with zero attached hydrogens (tertiary/aromatic N) is 3. The van der Waals surface area contributed by atoms with Crippen molar-refractivity contribution < 1.29 is 17.9 Å². The molecule has 5 rings (SSSR count). The zero-order chi connectivity index (χ0) is 23.0. The smallest absolute Gasteiger partial charge is 0.377 e. The van der Waals surface area contributed by atoms with Crippen LogP contribution in [-0.2, 0) is 17.5 Å². The molecular formula is C25H21F3N4O. The molecule has 0 aliphatic heterocycles. The Morgan fingerprint density at radius 3 is 2.52 bits per heavy atom. The minimum Gasteiger partial charge on any atom is -0.377 e. The number of ether oxygens (including phenoxy) is 1. The molecule has 168 valence electrons. The van der Waals surface area contributed by atoms with E-state index < -0.39 is 11.7 Å². The van der Waals surface area contributed by atoms with Crippen LogP contribution in [-0.4, -0.2) is 22.1 Å². The molecule has 0 atom stereocenters. The van der Waals surface area contributed by atoms with Crippen molar-refractivity contribution in [2.24, 2.45) is 0 Å². The molecule has 0 amide bonds. The van der Waals surface area contributed by atoms with Crippen LogP contribution >= 0.6 is 0 Å². The predicted molar refractivity (Wildman–Crippen MR) is 120 cm³/mol. The van der Waals surface area contributed by atoms with E-state index >= 15 is 0 Å². The quantitative estimate of drug-likeness (QED) is 0.364. The van der Waals surface area contributed by atoms with Gasteiger partial charge in [-0.05, 0) is 60.7 Å². The zero-order valence-electron chi connectivity index (χ0n) is 17.9. The fourth-order valence-corrected chi connectivity index (χ4v) is 3.87. The summed E-state index contributed by atoms with van der Waals surface area (Å²) in [6.07, 6.45) is -0.690. The predicted octanol–water partition coefficient (Wildman–Crippen LogP) is 6.48. The first kappa shape index (κ1) is 21.3. The molecule has 0 radical (unpaired) electrons. The van der Waals surface area contributed by atoms with Crippen molar-refractivity contribution in [1.82, 2.24) is 15.0 Å². The molecule has 1 N–H and O–H groups in total. The van der Waals surface area contributed by atoms with E-state index in [1.54, 1.807) is 18.2 Å². The number of nitrogens with one attached hydrogen (secondary N) is 1. The minimum atomic E-state index is -4.51. The number of methoxy groups -OCH3 is 1. The first-order valence-electron chi connectivity index (χ1n) is 10.6. The van der Waals surface area contributed by atoms with Crippen LogP contribution in [0.5, 0.6) is 0 Å². The van der Waals surface area contributed by atoms with Gasteiger partial charge < -0.3 is 10.1 Å². The number of fused-ring (bicyclic) bond motifs is 1. The third-order valence-electron chi connectivity index (χ3n) is 5.63. The van der Waals surface area contributed by atoms with E-state index in [0.717, 1.165) is 11.8 Å². The average Bonchev–Trinajstić information content (AvgIpc) is 3.64. The molecule has 2 aromatic carbocycles. The molecule has 1 aliphatic carbocycles. The maximum absolute atomic E-state index is 13.5.